The van der Waals surface area contributed by atoms with E-state index >= 15 is 0 Å². The van der Waals surface area contributed by atoms with Crippen LogP contribution in [0.1, 0.15) is 81.6 Å². The molecule has 0 bridgehead atoms. The molecule has 0 spiro atoms. The van der Waals surface area contributed by atoms with Gasteiger partial charge in [-0.25, -0.2) is 0 Å². The highest BCUT2D eigenvalue weighted by atomic mass is 28.3. The third kappa shape index (κ3) is 4.23. The topological polar surface area (TPSA) is 55.8 Å². The molecule has 3 rings (SSSR count). The van der Waals surface area contributed by atoms with Crippen LogP contribution in [0.15, 0.2) is 11.6 Å². The van der Waals surface area contributed by atoms with Gasteiger partial charge in [0.2, 0.25) is 9.04 Å². The maximum absolute atomic E-state index is 13.7. The first-order valence-corrected chi connectivity index (χ1v) is 15.5. The highest BCUT2D eigenvalue weighted by Gasteiger charge is 2.67. The van der Waals surface area contributed by atoms with Crippen LogP contribution in [0.2, 0.25) is 13.1 Å². The van der Waals surface area contributed by atoms with Crippen LogP contribution < -0.4 is 0 Å². The number of rotatable bonds is 7. The quantitative estimate of drug-likeness (QED) is 0.358. The lowest BCUT2D eigenvalue weighted by atomic mass is 9.47. The number of ketones is 1. The van der Waals surface area contributed by atoms with Crippen LogP contribution >= 0.6 is 0 Å². The summed E-state index contributed by atoms with van der Waals surface area (Å²) in [5.74, 6) is 0.824. The Bertz CT molecular complexity index is 789. The second kappa shape index (κ2) is 8.87. The molecular weight excluding hydrogens is 428 g/mol. The summed E-state index contributed by atoms with van der Waals surface area (Å²) >= 11 is 0. The molecule has 2 aliphatic carbocycles. The zero-order valence-electron chi connectivity index (χ0n) is 23.0. The van der Waals surface area contributed by atoms with Gasteiger partial charge in [0.25, 0.3) is 0 Å². The van der Waals surface area contributed by atoms with Gasteiger partial charge in [-0.1, -0.05) is 67.0 Å². The number of aliphatic hydroxyl groups is 1. The largest absolute Gasteiger partial charge is 0.411 e. The monoisotopic (exact) mass is 477 g/mol. The predicted molar refractivity (Wildman–Crippen MR) is 136 cm³/mol. The van der Waals surface area contributed by atoms with Crippen LogP contribution in [0.5, 0.6) is 0 Å². The van der Waals surface area contributed by atoms with Crippen molar-refractivity contribution in [1.29, 1.82) is 0 Å². The number of Topliss-reactive ketones (excluding diaryl/α,β-unsaturated/α-hetero) is 1. The molecule has 189 valence electrons. The van der Waals surface area contributed by atoms with Gasteiger partial charge in [0.05, 0.1) is 18.3 Å². The van der Waals surface area contributed by atoms with Crippen molar-refractivity contribution in [3.63, 3.8) is 0 Å². The SMILES string of the molecule is CC1=CC(C)(C)C(CC(C)C2C3(O)COC3CC(C)C2(C)C(=O)C(C)C)(O[Si](C)C)CC1C. The van der Waals surface area contributed by atoms with Gasteiger partial charge in [0.1, 0.15) is 11.4 Å². The first-order valence-electron chi connectivity index (χ1n) is 13.1. The number of carbonyl (C=O) groups excluding carboxylic acids is 1. The van der Waals surface area contributed by atoms with Gasteiger partial charge in [0, 0.05) is 22.7 Å². The highest BCUT2D eigenvalue weighted by Crippen LogP contribution is 2.61. The van der Waals surface area contributed by atoms with Gasteiger partial charge in [-0.3, -0.25) is 4.79 Å². The van der Waals surface area contributed by atoms with Crippen LogP contribution in [0.25, 0.3) is 0 Å². The predicted octanol–water partition coefficient (Wildman–Crippen LogP) is 6.05. The smallest absolute Gasteiger partial charge is 0.205 e. The highest BCUT2D eigenvalue weighted by molar-refractivity contribution is 6.48. The molecule has 33 heavy (non-hydrogen) atoms. The Kier molecular flexibility index (Phi) is 7.28. The molecule has 3 aliphatic rings. The van der Waals surface area contributed by atoms with Crippen molar-refractivity contribution in [2.75, 3.05) is 6.61 Å². The number of hydrogen-bond donors (Lipinski definition) is 1. The van der Waals surface area contributed by atoms with E-state index in [1.165, 1.54) is 5.57 Å². The molecule has 4 nitrogen and oxygen atoms in total. The molecule has 1 N–H and O–H groups in total. The van der Waals surface area contributed by atoms with Crippen molar-refractivity contribution in [1.82, 2.24) is 0 Å². The van der Waals surface area contributed by atoms with Crippen molar-refractivity contribution >= 4 is 14.8 Å². The molecule has 0 aromatic carbocycles. The van der Waals surface area contributed by atoms with Crippen molar-refractivity contribution in [2.24, 2.45) is 40.4 Å². The molecule has 8 unspecified atom stereocenters. The molecule has 0 aromatic heterocycles. The van der Waals surface area contributed by atoms with Crippen molar-refractivity contribution in [2.45, 2.75) is 112 Å². The Balaban J connectivity index is 2.07. The number of allylic oxidation sites excluding steroid dienone is 1. The van der Waals surface area contributed by atoms with E-state index in [0.717, 1.165) is 19.3 Å². The third-order valence-corrected chi connectivity index (χ3v) is 10.5. The third-order valence-electron chi connectivity index (χ3n) is 9.70. The van der Waals surface area contributed by atoms with Crippen molar-refractivity contribution in [3.05, 3.63) is 11.6 Å². The molecule has 8 atom stereocenters. The van der Waals surface area contributed by atoms with Crippen LogP contribution in [0.4, 0.5) is 0 Å². The Hall–Kier alpha value is -0.493. The molecule has 2 fully saturated rings. The molecule has 1 aliphatic heterocycles. The van der Waals surface area contributed by atoms with E-state index in [9.17, 15) is 9.90 Å². The average Bonchev–Trinajstić information content (AvgIpc) is 2.66. The number of carbonyl (C=O) groups is 1. The minimum Gasteiger partial charge on any atom is -0.411 e. The van der Waals surface area contributed by atoms with Crippen molar-refractivity contribution in [3.8, 4) is 0 Å². The van der Waals surface area contributed by atoms with E-state index in [-0.39, 0.29) is 46.6 Å². The summed E-state index contributed by atoms with van der Waals surface area (Å²) in [5, 5.41) is 11.9. The van der Waals surface area contributed by atoms with Gasteiger partial charge < -0.3 is 14.3 Å². The second-order valence-electron chi connectivity index (χ2n) is 13.1. The lowest BCUT2D eigenvalue weighted by Gasteiger charge is -2.64. The minimum atomic E-state index is -0.954. The fourth-order valence-corrected chi connectivity index (χ4v) is 8.99. The van der Waals surface area contributed by atoms with Gasteiger partial charge in [0.15, 0.2) is 0 Å². The summed E-state index contributed by atoms with van der Waals surface area (Å²) in [4.78, 5) is 13.7. The minimum absolute atomic E-state index is 0.0590. The summed E-state index contributed by atoms with van der Waals surface area (Å²) in [6.45, 7) is 24.5. The molecule has 1 saturated heterocycles. The Labute approximate surface area is 204 Å². The zero-order chi connectivity index (χ0) is 25.1. The Morgan fingerprint density at radius 3 is 2.33 bits per heavy atom. The first-order chi connectivity index (χ1) is 15.0. The summed E-state index contributed by atoms with van der Waals surface area (Å²) in [7, 11) is -0.954. The molecule has 1 saturated carbocycles. The summed E-state index contributed by atoms with van der Waals surface area (Å²) in [5.41, 5.74) is -0.496. The van der Waals surface area contributed by atoms with Crippen LogP contribution in [0, 0.1) is 40.4 Å². The normalized spacial score (nSPS) is 43.6. The van der Waals surface area contributed by atoms with E-state index in [4.69, 9.17) is 9.16 Å². The maximum atomic E-state index is 13.7. The van der Waals surface area contributed by atoms with E-state index in [1.807, 2.05) is 13.8 Å². The van der Waals surface area contributed by atoms with E-state index in [2.05, 4.69) is 67.6 Å². The summed E-state index contributed by atoms with van der Waals surface area (Å²) in [6, 6.07) is 0. The summed E-state index contributed by atoms with van der Waals surface area (Å²) < 4.78 is 12.8. The van der Waals surface area contributed by atoms with Gasteiger partial charge in [-0.05, 0) is 57.0 Å². The van der Waals surface area contributed by atoms with Gasteiger partial charge in [-0.2, -0.15) is 0 Å². The zero-order valence-corrected chi connectivity index (χ0v) is 24.0. The maximum Gasteiger partial charge on any atom is 0.205 e. The lowest BCUT2D eigenvalue weighted by Crippen LogP contribution is -2.73. The first kappa shape index (κ1) is 27.1. The standard InChI is InChI=1S/C28H49O4Si/c1-17(2)24(29)26(9)21(6)12-22-28(30,16-31-22)23(26)20(5)15-27(32-33(10)11)14-19(4)18(3)13-25(27,7)8/h13,17,19-23,30H,12,14-16H2,1-11H3. The number of ether oxygens (including phenoxy) is 1. The molecule has 0 amide bonds. The fourth-order valence-electron chi connectivity index (χ4n) is 7.78. The van der Waals surface area contributed by atoms with Crippen LogP contribution in [-0.4, -0.2) is 43.8 Å². The van der Waals surface area contributed by atoms with E-state index in [1.54, 1.807) is 0 Å². The molecular formula is C28H49O4Si. The lowest BCUT2D eigenvalue weighted by molar-refractivity contribution is -0.316. The van der Waals surface area contributed by atoms with Crippen molar-refractivity contribution < 1.29 is 19.1 Å². The second-order valence-corrected chi connectivity index (χ2v) is 15.1. The molecule has 0 aromatic rings. The number of fused-ring (bicyclic) bond motifs is 1. The fraction of sp³-hybridized carbons (Fsp3) is 0.893. The molecule has 1 radical (unpaired) electrons. The van der Waals surface area contributed by atoms with Crippen LogP contribution in [-0.2, 0) is 14.0 Å². The van der Waals surface area contributed by atoms with E-state index < -0.39 is 20.1 Å². The molecule has 1 heterocycles. The Morgan fingerprint density at radius 1 is 1.24 bits per heavy atom. The van der Waals surface area contributed by atoms with Crippen LogP contribution in [0.3, 0.4) is 0 Å². The average molecular weight is 478 g/mol. The van der Waals surface area contributed by atoms with Gasteiger partial charge >= 0.3 is 0 Å². The molecule has 5 heteroatoms. The number of hydrogen-bond acceptors (Lipinski definition) is 4. The summed E-state index contributed by atoms with van der Waals surface area (Å²) in [6.07, 6.45) is 4.83. The van der Waals surface area contributed by atoms with Gasteiger partial charge in [-0.15, -0.1) is 0 Å². The Morgan fingerprint density at radius 2 is 1.85 bits per heavy atom. The van der Waals surface area contributed by atoms with E-state index in [0.29, 0.717) is 12.5 Å².